The number of nitrogen functional groups attached to an aromatic ring is 2. The minimum Gasteiger partial charge on any atom is -0.462 e. The normalized spacial score (nSPS) is 10.2. The van der Waals surface area contributed by atoms with Crippen molar-refractivity contribution < 1.29 is 14.3 Å². The number of fused-ring (bicyclic) bond motifs is 1. The smallest absolute Gasteiger partial charge is 0.341 e. The van der Waals surface area contributed by atoms with Gasteiger partial charge in [-0.05, 0) is 48.5 Å². The van der Waals surface area contributed by atoms with Gasteiger partial charge in [-0.25, -0.2) is 79.6 Å². The molecule has 0 saturated heterocycles. The zero-order chi connectivity index (χ0) is 52.0. The molecular weight excluding hydrogens is 1020 g/mol. The van der Waals surface area contributed by atoms with Gasteiger partial charge in [0.2, 0.25) is 0 Å². The molecule has 8 aromatic rings. The molecule has 8 rings (SSSR count). The van der Waals surface area contributed by atoms with Gasteiger partial charge in [-0.1, -0.05) is 58.0 Å². The first-order valence-corrected chi connectivity index (χ1v) is 23.0. The lowest BCUT2D eigenvalue weighted by Crippen LogP contribution is -2.11. The molecular formula is C43H47Cl5N20O3. The van der Waals surface area contributed by atoms with Crippen molar-refractivity contribution in [3.05, 3.63) is 122 Å². The molecule has 0 saturated carbocycles. The third kappa shape index (κ3) is 16.7. The van der Waals surface area contributed by atoms with Gasteiger partial charge in [0, 0.05) is 68.8 Å². The van der Waals surface area contributed by atoms with Crippen molar-refractivity contribution in [2.24, 2.45) is 0 Å². The fraction of sp³-hybridized carbons (Fsp3) is 0.279. The minimum absolute atomic E-state index is 0.106. The van der Waals surface area contributed by atoms with Crippen molar-refractivity contribution in [3.63, 3.8) is 0 Å². The van der Waals surface area contributed by atoms with Gasteiger partial charge in [-0.3, -0.25) is 4.79 Å². The molecule has 0 aliphatic rings. The van der Waals surface area contributed by atoms with Gasteiger partial charge in [0.05, 0.1) is 23.3 Å². The van der Waals surface area contributed by atoms with E-state index >= 15 is 0 Å². The standard InChI is InChI=1S/C13H14ClN5O.C12H11ClN6.C8H10N2O2.C6H9ClN4.C4H3Cl2N3/c1-3-15-13-10(12(14)18-7-19-13)4-11(20)9-5-16-8(2)17-6-9;1-3-19-11(8-4-14-7(2)15-5-8)18-9-10(13)16-6-17-12(9)19;1-3-12-8(11)7-4-9-6(2)10-5-7;1-2-9-6-4(8)5(7)10-3-11-6;5-3-2(7)4(6)9-1-8-3/h5-7H,3-4H2,1-2H3,(H,15,18,19);4-6H,3H2,1-2H3;4-5H,3H2,1-2H3;3H,2,8H2,1H3,(H,9,10,11);1H,7H2. The van der Waals surface area contributed by atoms with Crippen LogP contribution in [0.15, 0.2) is 62.5 Å². The third-order valence-corrected chi connectivity index (χ3v) is 10.3. The highest BCUT2D eigenvalue weighted by Gasteiger charge is 2.17. The summed E-state index contributed by atoms with van der Waals surface area (Å²) in [5, 5.41) is 7.32. The molecule has 0 unspecified atom stereocenters. The van der Waals surface area contributed by atoms with E-state index in [2.05, 4.69) is 85.4 Å². The molecule has 8 aromatic heterocycles. The Bertz CT molecular complexity index is 2970. The quantitative estimate of drug-likeness (QED) is 0.0544. The number of carbonyl (C=O) groups excluding carboxylic acids is 2. The summed E-state index contributed by atoms with van der Waals surface area (Å²) in [4.78, 5) is 82.9. The largest absolute Gasteiger partial charge is 0.462 e. The van der Waals surface area contributed by atoms with Gasteiger partial charge in [0.15, 0.2) is 37.9 Å². The van der Waals surface area contributed by atoms with E-state index in [-0.39, 0.29) is 44.5 Å². The number of nitrogens with zero attached hydrogens (tertiary/aromatic N) is 16. The summed E-state index contributed by atoms with van der Waals surface area (Å²) in [6, 6.07) is 0. The molecule has 0 aliphatic carbocycles. The second-order valence-corrected chi connectivity index (χ2v) is 15.5. The number of esters is 1. The number of nitrogens with two attached hydrogens (primary N) is 2. The van der Waals surface area contributed by atoms with Gasteiger partial charge in [0.25, 0.3) is 0 Å². The van der Waals surface area contributed by atoms with E-state index in [9.17, 15) is 9.59 Å². The van der Waals surface area contributed by atoms with Gasteiger partial charge < -0.3 is 31.4 Å². The number of ketones is 1. The van der Waals surface area contributed by atoms with Crippen LogP contribution >= 0.6 is 58.0 Å². The number of anilines is 4. The highest BCUT2D eigenvalue weighted by atomic mass is 35.5. The molecule has 0 amide bonds. The first kappa shape index (κ1) is 56.4. The van der Waals surface area contributed by atoms with Crippen molar-refractivity contribution in [1.82, 2.24) is 79.3 Å². The molecule has 372 valence electrons. The molecule has 8 heterocycles. The van der Waals surface area contributed by atoms with Crippen LogP contribution in [-0.4, -0.2) is 111 Å². The van der Waals surface area contributed by atoms with Crippen molar-refractivity contribution in [1.29, 1.82) is 0 Å². The van der Waals surface area contributed by atoms with E-state index in [0.717, 1.165) is 35.9 Å². The molecule has 71 heavy (non-hydrogen) atoms. The fourth-order valence-corrected chi connectivity index (χ4v) is 6.17. The van der Waals surface area contributed by atoms with Crippen molar-refractivity contribution in [2.45, 2.75) is 61.4 Å². The monoisotopic (exact) mass is 1070 g/mol. The van der Waals surface area contributed by atoms with Crippen LogP contribution in [0.1, 0.15) is 71.4 Å². The SMILES string of the molecule is CCNc1ncnc(Cl)c1CC(=O)c1cnc(C)nc1.CCNc1ncnc(Cl)c1N.CCOC(=O)c1cnc(C)nc1.CCn1c(-c2cnc(C)nc2)nc2c(Cl)ncnc21.Nc1c(Cl)ncnc1Cl. The molecule has 0 radical (unpaired) electrons. The number of imidazole rings is 1. The third-order valence-electron chi connectivity index (χ3n) is 8.78. The summed E-state index contributed by atoms with van der Waals surface area (Å²) in [7, 11) is 0. The Balaban J connectivity index is 0.000000199. The van der Waals surface area contributed by atoms with E-state index in [1.807, 2.05) is 32.3 Å². The lowest BCUT2D eigenvalue weighted by molar-refractivity contribution is 0.0525. The Hall–Kier alpha value is -7.18. The fourth-order valence-electron chi connectivity index (χ4n) is 5.35. The number of hydrogen-bond acceptors (Lipinski definition) is 22. The van der Waals surface area contributed by atoms with Gasteiger partial charge in [-0.2, -0.15) is 0 Å². The predicted molar refractivity (Wildman–Crippen MR) is 273 cm³/mol. The summed E-state index contributed by atoms with van der Waals surface area (Å²) < 4.78 is 6.72. The second-order valence-electron chi connectivity index (χ2n) is 13.7. The van der Waals surface area contributed by atoms with Crippen LogP contribution in [0.4, 0.5) is 23.0 Å². The molecule has 6 N–H and O–H groups in total. The Morgan fingerprint density at radius 1 is 0.563 bits per heavy atom. The van der Waals surface area contributed by atoms with E-state index in [0.29, 0.717) is 69.5 Å². The van der Waals surface area contributed by atoms with Crippen molar-refractivity contribution in [2.75, 3.05) is 41.8 Å². The summed E-state index contributed by atoms with van der Waals surface area (Å²) in [6.45, 7) is 15.6. The highest BCUT2D eigenvalue weighted by molar-refractivity contribution is 6.37. The molecule has 0 spiro atoms. The van der Waals surface area contributed by atoms with Crippen LogP contribution in [0.3, 0.4) is 0 Å². The maximum Gasteiger partial charge on any atom is 0.341 e. The molecule has 0 aromatic carbocycles. The molecule has 23 nitrogen and oxygen atoms in total. The number of carbonyl (C=O) groups is 2. The lowest BCUT2D eigenvalue weighted by Gasteiger charge is -2.09. The van der Waals surface area contributed by atoms with Crippen LogP contribution in [-0.2, 0) is 17.7 Å². The summed E-state index contributed by atoms with van der Waals surface area (Å²) >= 11 is 28.6. The molecule has 0 fully saturated rings. The molecule has 0 aliphatic heterocycles. The molecule has 0 bridgehead atoms. The zero-order valence-corrected chi connectivity index (χ0v) is 43.0. The number of nitrogens with one attached hydrogen (secondary N) is 2. The summed E-state index contributed by atoms with van der Waals surface area (Å²) in [5.41, 5.74) is 15.0. The van der Waals surface area contributed by atoms with E-state index in [1.165, 1.54) is 50.1 Å². The molecule has 28 heteroatoms. The predicted octanol–water partition coefficient (Wildman–Crippen LogP) is 7.82. The number of rotatable bonds is 11. The minimum atomic E-state index is -0.377. The van der Waals surface area contributed by atoms with Crippen LogP contribution in [0.25, 0.3) is 22.6 Å². The number of halogens is 5. The zero-order valence-electron chi connectivity index (χ0n) is 39.2. The lowest BCUT2D eigenvalue weighted by atomic mass is 10.1. The Kier molecular flexibility index (Phi) is 22.6. The Morgan fingerprint density at radius 2 is 1.01 bits per heavy atom. The van der Waals surface area contributed by atoms with Crippen LogP contribution < -0.4 is 22.1 Å². The van der Waals surface area contributed by atoms with Gasteiger partial charge in [-0.15, -0.1) is 0 Å². The topological polar surface area (TPSA) is 318 Å². The van der Waals surface area contributed by atoms with Crippen molar-refractivity contribution in [3.8, 4) is 11.4 Å². The summed E-state index contributed by atoms with van der Waals surface area (Å²) in [5.74, 6) is 3.40. The first-order chi connectivity index (χ1) is 34.0. The van der Waals surface area contributed by atoms with E-state index in [4.69, 9.17) is 74.2 Å². The molecule has 0 atom stereocenters. The average molecular weight is 1070 g/mol. The van der Waals surface area contributed by atoms with E-state index < -0.39 is 0 Å². The van der Waals surface area contributed by atoms with Gasteiger partial charge >= 0.3 is 5.97 Å². The number of hydrogen-bond donors (Lipinski definition) is 4. The first-order valence-electron chi connectivity index (χ1n) is 21.1. The maximum atomic E-state index is 12.2. The Labute approximate surface area is 432 Å². The van der Waals surface area contributed by atoms with Gasteiger partial charge in [0.1, 0.15) is 76.5 Å². The maximum absolute atomic E-state index is 12.2. The highest BCUT2D eigenvalue weighted by Crippen LogP contribution is 2.26. The van der Waals surface area contributed by atoms with Crippen molar-refractivity contribution >= 4 is 104 Å². The summed E-state index contributed by atoms with van der Waals surface area (Å²) in [6.07, 6.45) is 15.0. The number of Topliss-reactive ketones (excluding diaryl/α,β-unsaturated/α-hetero) is 1. The van der Waals surface area contributed by atoms with Crippen LogP contribution in [0, 0.1) is 20.8 Å². The average Bonchev–Trinajstić information content (AvgIpc) is 3.75. The van der Waals surface area contributed by atoms with E-state index in [1.54, 1.807) is 33.2 Å². The number of aryl methyl sites for hydroxylation is 4. The second kappa shape index (κ2) is 28.5. The number of aromatic nitrogens is 16. The van der Waals surface area contributed by atoms with Crippen LogP contribution in [0.2, 0.25) is 25.8 Å². The van der Waals surface area contributed by atoms with Crippen LogP contribution in [0.5, 0.6) is 0 Å². The Morgan fingerprint density at radius 3 is 1.54 bits per heavy atom. The number of ether oxygens (including phenoxy) is 1.